The van der Waals surface area contributed by atoms with Crippen LogP contribution in [0.3, 0.4) is 0 Å². The molecule has 1 amide bonds. The number of amides is 1. The fraction of sp³-hybridized carbons (Fsp3) is 0.588. The maximum Gasteiger partial charge on any atom is 0.227 e. The number of piperidine rings is 1. The molecule has 25 heavy (non-hydrogen) atoms. The summed E-state index contributed by atoms with van der Waals surface area (Å²) in [6.07, 6.45) is 7.49. The van der Waals surface area contributed by atoms with E-state index in [1.54, 1.807) is 18.6 Å². The van der Waals surface area contributed by atoms with Gasteiger partial charge in [-0.05, 0) is 37.3 Å². The lowest BCUT2D eigenvalue weighted by Gasteiger charge is -2.38. The van der Waals surface area contributed by atoms with Crippen molar-refractivity contribution in [1.82, 2.24) is 20.4 Å². The van der Waals surface area contributed by atoms with E-state index in [1.165, 1.54) is 6.42 Å². The molecule has 2 fully saturated rings. The zero-order chi connectivity index (χ0) is 16.4. The van der Waals surface area contributed by atoms with Crippen molar-refractivity contribution >= 4 is 18.3 Å². The minimum atomic E-state index is 0. The van der Waals surface area contributed by atoms with Gasteiger partial charge in [0.15, 0.2) is 0 Å². The molecule has 2 aliphatic heterocycles. The molecule has 0 atom stereocenters. The molecule has 2 saturated heterocycles. The number of aryl methyl sites for hydroxylation is 1. The second-order valence-corrected chi connectivity index (χ2v) is 6.83. The van der Waals surface area contributed by atoms with Crippen LogP contribution in [0.5, 0.6) is 0 Å². The summed E-state index contributed by atoms with van der Waals surface area (Å²) < 4.78 is 10.2. The Hall–Kier alpha value is -1.86. The topological polar surface area (TPSA) is 84.4 Å². The number of halogens is 1. The van der Waals surface area contributed by atoms with Crippen molar-refractivity contribution < 1.29 is 13.7 Å². The molecule has 2 aromatic rings. The van der Waals surface area contributed by atoms with Crippen molar-refractivity contribution in [1.29, 1.82) is 0 Å². The predicted molar refractivity (Wildman–Crippen MR) is 93.3 cm³/mol. The molecule has 0 bridgehead atoms. The normalized spacial score (nSPS) is 19.1. The maximum atomic E-state index is 12.4. The maximum absolute atomic E-state index is 12.4. The van der Waals surface area contributed by atoms with Crippen LogP contribution in [-0.2, 0) is 11.2 Å². The first-order valence-electron chi connectivity index (χ1n) is 8.58. The second kappa shape index (κ2) is 7.58. The van der Waals surface area contributed by atoms with Crippen molar-refractivity contribution in [3.8, 4) is 11.4 Å². The Kier molecular flexibility index (Phi) is 5.44. The number of rotatable bonds is 4. The molecule has 136 valence electrons. The molecule has 0 radical (unpaired) electrons. The Morgan fingerprint density at radius 1 is 1.32 bits per heavy atom. The number of carbonyl (C=O) groups excluding carboxylic acids is 1. The van der Waals surface area contributed by atoms with E-state index in [0.29, 0.717) is 30.0 Å². The van der Waals surface area contributed by atoms with E-state index in [0.717, 1.165) is 44.6 Å². The highest BCUT2D eigenvalue weighted by atomic mass is 35.5. The van der Waals surface area contributed by atoms with Crippen molar-refractivity contribution in [2.24, 2.45) is 5.41 Å². The monoisotopic (exact) mass is 366 g/mol. The zero-order valence-corrected chi connectivity index (χ0v) is 14.9. The van der Waals surface area contributed by atoms with Gasteiger partial charge in [-0.25, -0.2) is 0 Å². The smallest absolute Gasteiger partial charge is 0.227 e. The molecule has 2 aromatic heterocycles. The summed E-state index contributed by atoms with van der Waals surface area (Å²) >= 11 is 0. The largest absolute Gasteiger partial charge is 0.472 e. The van der Waals surface area contributed by atoms with Crippen LogP contribution < -0.4 is 5.32 Å². The molecule has 4 heterocycles. The molecular weight excluding hydrogens is 344 g/mol. The summed E-state index contributed by atoms with van der Waals surface area (Å²) in [5, 5.41) is 7.37. The van der Waals surface area contributed by atoms with Crippen LogP contribution in [0.1, 0.15) is 31.6 Å². The summed E-state index contributed by atoms with van der Waals surface area (Å²) in [7, 11) is 0. The molecule has 0 saturated carbocycles. The third-order valence-corrected chi connectivity index (χ3v) is 5.31. The third kappa shape index (κ3) is 3.88. The predicted octanol–water partition coefficient (Wildman–Crippen LogP) is 2.29. The van der Waals surface area contributed by atoms with Gasteiger partial charge < -0.3 is 19.2 Å². The summed E-state index contributed by atoms with van der Waals surface area (Å²) in [6.45, 7) is 3.95. The van der Waals surface area contributed by atoms with E-state index < -0.39 is 0 Å². The van der Waals surface area contributed by atoms with Crippen molar-refractivity contribution in [2.45, 2.75) is 32.1 Å². The Morgan fingerprint density at radius 2 is 2.16 bits per heavy atom. The number of nitrogens with one attached hydrogen (secondary N) is 1. The Balaban J connectivity index is 0.00000182. The van der Waals surface area contributed by atoms with E-state index in [4.69, 9.17) is 8.94 Å². The number of carbonyl (C=O) groups is 1. The van der Waals surface area contributed by atoms with E-state index >= 15 is 0 Å². The van der Waals surface area contributed by atoms with Crippen LogP contribution in [0.25, 0.3) is 11.4 Å². The quantitative estimate of drug-likeness (QED) is 0.893. The van der Waals surface area contributed by atoms with Gasteiger partial charge >= 0.3 is 0 Å². The number of aromatic nitrogens is 2. The molecule has 8 heteroatoms. The van der Waals surface area contributed by atoms with Gasteiger partial charge in [0, 0.05) is 32.5 Å². The Morgan fingerprint density at radius 3 is 2.84 bits per heavy atom. The van der Waals surface area contributed by atoms with E-state index in [9.17, 15) is 4.79 Å². The van der Waals surface area contributed by atoms with Gasteiger partial charge in [-0.3, -0.25) is 4.79 Å². The number of furan rings is 1. The van der Waals surface area contributed by atoms with Crippen molar-refractivity contribution in [3.05, 3.63) is 24.5 Å². The minimum absolute atomic E-state index is 0. The van der Waals surface area contributed by atoms with Crippen LogP contribution in [0.15, 0.2) is 27.5 Å². The van der Waals surface area contributed by atoms with E-state index in [1.807, 2.05) is 4.90 Å². The molecular formula is C17H23ClN4O3. The highest BCUT2D eigenvalue weighted by Crippen LogP contribution is 2.37. The van der Waals surface area contributed by atoms with Gasteiger partial charge in [-0.15, -0.1) is 12.4 Å². The lowest BCUT2D eigenvalue weighted by atomic mass is 9.78. The highest BCUT2D eigenvalue weighted by Gasteiger charge is 2.37. The van der Waals surface area contributed by atoms with E-state index in [-0.39, 0.29) is 18.3 Å². The van der Waals surface area contributed by atoms with Gasteiger partial charge in [-0.1, -0.05) is 5.16 Å². The standard InChI is InChI=1S/C17H22N4O3.ClH/c22-15(21-8-5-17(6-9-21)4-7-18-12-17)2-1-14-19-16(20-24-14)13-3-10-23-11-13;/h3,10-11,18H,1-2,4-9,12H2;1H. The van der Waals surface area contributed by atoms with Crippen LogP contribution in [0, 0.1) is 5.41 Å². The van der Waals surface area contributed by atoms with Crippen molar-refractivity contribution in [2.75, 3.05) is 26.2 Å². The summed E-state index contributed by atoms with van der Waals surface area (Å²) in [5.74, 6) is 1.17. The number of hydrogen-bond acceptors (Lipinski definition) is 6. The molecule has 0 aliphatic carbocycles. The first-order valence-corrected chi connectivity index (χ1v) is 8.58. The van der Waals surface area contributed by atoms with Crippen molar-refractivity contribution in [3.63, 3.8) is 0 Å². The fourth-order valence-corrected chi connectivity index (χ4v) is 3.69. The number of nitrogens with zero attached hydrogens (tertiary/aromatic N) is 3. The average Bonchev–Trinajstić information content (AvgIpc) is 3.35. The lowest BCUT2D eigenvalue weighted by molar-refractivity contribution is -0.133. The summed E-state index contributed by atoms with van der Waals surface area (Å²) in [5.41, 5.74) is 1.21. The first-order chi connectivity index (χ1) is 11.7. The number of hydrogen-bond donors (Lipinski definition) is 1. The molecule has 7 nitrogen and oxygen atoms in total. The second-order valence-electron chi connectivity index (χ2n) is 6.83. The molecule has 0 unspecified atom stereocenters. The van der Waals surface area contributed by atoms with Crippen LogP contribution in [-0.4, -0.2) is 47.1 Å². The summed E-state index contributed by atoms with van der Waals surface area (Å²) in [6, 6.07) is 1.78. The van der Waals surface area contributed by atoms with Gasteiger partial charge in [0.05, 0.1) is 11.8 Å². The summed E-state index contributed by atoms with van der Waals surface area (Å²) in [4.78, 5) is 18.7. The molecule has 1 N–H and O–H groups in total. The SMILES string of the molecule is Cl.O=C(CCc1nc(-c2ccoc2)no1)N1CCC2(CCNC2)CC1. The van der Waals surface area contributed by atoms with Gasteiger partial charge in [0.2, 0.25) is 17.6 Å². The molecule has 1 spiro atoms. The fourth-order valence-electron chi connectivity index (χ4n) is 3.69. The van der Waals surface area contributed by atoms with E-state index in [2.05, 4.69) is 15.5 Å². The Labute approximate surface area is 152 Å². The minimum Gasteiger partial charge on any atom is -0.472 e. The molecule has 0 aromatic carbocycles. The van der Waals surface area contributed by atoms with Crippen LogP contribution in [0.2, 0.25) is 0 Å². The number of likely N-dealkylation sites (tertiary alicyclic amines) is 1. The highest BCUT2D eigenvalue weighted by molar-refractivity contribution is 5.85. The van der Waals surface area contributed by atoms with Gasteiger partial charge in [0.25, 0.3) is 0 Å². The molecule has 2 aliphatic rings. The lowest BCUT2D eigenvalue weighted by Crippen LogP contribution is -2.44. The first kappa shape index (κ1) is 17.9. The third-order valence-electron chi connectivity index (χ3n) is 5.31. The zero-order valence-electron chi connectivity index (χ0n) is 14.1. The van der Waals surface area contributed by atoms with Gasteiger partial charge in [0.1, 0.15) is 6.26 Å². The average molecular weight is 367 g/mol. The van der Waals surface area contributed by atoms with Crippen LogP contribution >= 0.6 is 12.4 Å². The molecule has 4 rings (SSSR count). The van der Waals surface area contributed by atoms with Gasteiger partial charge in [-0.2, -0.15) is 4.98 Å². The Bertz CT molecular complexity index is 685. The van der Waals surface area contributed by atoms with Crippen LogP contribution in [0.4, 0.5) is 0 Å².